The number of hydrogen-bond acceptors (Lipinski definition) is 4. The largest absolute Gasteiger partial charge is 0.372 e. The smallest absolute Gasteiger partial charge is 0.252 e. The Morgan fingerprint density at radius 2 is 1.87 bits per heavy atom. The van der Waals surface area contributed by atoms with E-state index >= 15 is 0 Å². The number of anilines is 1. The van der Waals surface area contributed by atoms with E-state index in [1.165, 1.54) is 18.2 Å². The number of morpholine rings is 1. The number of amides is 1. The van der Waals surface area contributed by atoms with Crippen LogP contribution >= 0.6 is 0 Å². The van der Waals surface area contributed by atoms with Gasteiger partial charge < -0.3 is 15.0 Å². The fraction of sp³-hybridized carbons (Fsp3) is 0.333. The molecular formula is C24H25F2N3O2. The van der Waals surface area contributed by atoms with Crippen molar-refractivity contribution in [3.05, 3.63) is 70.9 Å². The van der Waals surface area contributed by atoms with Gasteiger partial charge in [-0.05, 0) is 56.7 Å². The molecule has 1 saturated heterocycles. The lowest BCUT2D eigenvalue weighted by Gasteiger charge is -2.37. The molecule has 2 atom stereocenters. The molecule has 2 heterocycles. The fourth-order valence-corrected chi connectivity index (χ4v) is 4.09. The van der Waals surface area contributed by atoms with E-state index < -0.39 is 5.82 Å². The molecule has 1 amide bonds. The number of aromatic nitrogens is 1. The Labute approximate surface area is 180 Å². The second kappa shape index (κ2) is 8.59. The average Bonchev–Trinajstić information content (AvgIpc) is 2.70. The van der Waals surface area contributed by atoms with Crippen molar-refractivity contribution in [3.8, 4) is 0 Å². The molecule has 2 unspecified atom stereocenters. The highest BCUT2D eigenvalue weighted by molar-refractivity contribution is 6.06. The van der Waals surface area contributed by atoms with Gasteiger partial charge in [0.2, 0.25) is 0 Å². The van der Waals surface area contributed by atoms with Gasteiger partial charge in [-0.2, -0.15) is 0 Å². The van der Waals surface area contributed by atoms with Crippen LogP contribution in [0.2, 0.25) is 0 Å². The zero-order valence-electron chi connectivity index (χ0n) is 17.8. The molecular weight excluding hydrogens is 400 g/mol. The van der Waals surface area contributed by atoms with Gasteiger partial charge in [-0.15, -0.1) is 0 Å². The molecule has 0 spiro atoms. The molecule has 1 aliphatic rings. The number of carbonyl (C=O) groups is 1. The van der Waals surface area contributed by atoms with Gasteiger partial charge in [0.15, 0.2) is 0 Å². The maximum atomic E-state index is 14.8. The monoisotopic (exact) mass is 425 g/mol. The van der Waals surface area contributed by atoms with Gasteiger partial charge in [0.1, 0.15) is 11.6 Å². The molecule has 0 radical (unpaired) electrons. The number of aryl methyl sites for hydroxylation is 1. The lowest BCUT2D eigenvalue weighted by Crippen LogP contribution is -2.45. The summed E-state index contributed by atoms with van der Waals surface area (Å²) in [7, 11) is 0. The van der Waals surface area contributed by atoms with E-state index in [-0.39, 0.29) is 30.5 Å². The van der Waals surface area contributed by atoms with Crippen molar-refractivity contribution in [3.63, 3.8) is 0 Å². The van der Waals surface area contributed by atoms with E-state index in [1.807, 2.05) is 24.8 Å². The van der Waals surface area contributed by atoms with Crippen LogP contribution in [0.15, 0.2) is 42.5 Å². The zero-order valence-corrected chi connectivity index (χ0v) is 17.8. The molecule has 3 aromatic rings. The minimum absolute atomic E-state index is 0.0363. The van der Waals surface area contributed by atoms with Crippen molar-refractivity contribution in [2.75, 3.05) is 18.0 Å². The minimum atomic E-state index is -0.406. The maximum Gasteiger partial charge on any atom is 0.252 e. The van der Waals surface area contributed by atoms with Crippen molar-refractivity contribution < 1.29 is 18.3 Å². The van der Waals surface area contributed by atoms with Crippen molar-refractivity contribution in [1.82, 2.24) is 10.3 Å². The molecule has 0 bridgehead atoms. The number of nitrogens with one attached hydrogen (secondary N) is 1. The van der Waals surface area contributed by atoms with Crippen LogP contribution in [0, 0.1) is 18.6 Å². The van der Waals surface area contributed by atoms with Gasteiger partial charge in [-0.3, -0.25) is 9.78 Å². The molecule has 1 aliphatic heterocycles. The number of halogens is 2. The minimum Gasteiger partial charge on any atom is -0.372 e. The number of ether oxygens (including phenoxy) is 1. The van der Waals surface area contributed by atoms with Gasteiger partial charge in [0.25, 0.3) is 5.91 Å². The first kappa shape index (κ1) is 21.2. The highest BCUT2D eigenvalue weighted by atomic mass is 19.1. The summed E-state index contributed by atoms with van der Waals surface area (Å²) in [5.41, 5.74) is 2.65. The second-order valence-electron chi connectivity index (χ2n) is 8.10. The standard InChI is InChI=1S/C24H25F2N3O2/c1-14-8-20(19-6-5-18(25)10-22(19)28-14)24(30)27-11-17-4-7-23(21(26)9-17)29-12-15(2)31-16(3)13-29/h4-10,15-16H,11-13H2,1-3H3,(H,27,30). The Kier molecular flexibility index (Phi) is 5.87. The molecule has 0 saturated carbocycles. The lowest BCUT2D eigenvalue weighted by atomic mass is 10.1. The van der Waals surface area contributed by atoms with E-state index in [0.29, 0.717) is 46.5 Å². The van der Waals surface area contributed by atoms with Crippen LogP contribution in [-0.2, 0) is 11.3 Å². The Hall–Kier alpha value is -3.06. The molecule has 31 heavy (non-hydrogen) atoms. The number of rotatable bonds is 4. The summed E-state index contributed by atoms with van der Waals surface area (Å²) in [6.07, 6.45) is 0.0727. The highest BCUT2D eigenvalue weighted by Crippen LogP contribution is 2.25. The van der Waals surface area contributed by atoms with Crippen molar-refractivity contribution in [2.24, 2.45) is 0 Å². The summed E-state index contributed by atoms with van der Waals surface area (Å²) in [5, 5.41) is 3.40. The predicted octanol–water partition coefficient (Wildman–Crippen LogP) is 4.37. The van der Waals surface area contributed by atoms with Crippen LogP contribution < -0.4 is 10.2 Å². The van der Waals surface area contributed by atoms with Crippen LogP contribution in [0.1, 0.15) is 35.5 Å². The third-order valence-corrected chi connectivity index (χ3v) is 5.37. The average molecular weight is 425 g/mol. The van der Waals surface area contributed by atoms with Crippen LogP contribution in [0.3, 0.4) is 0 Å². The number of hydrogen-bond donors (Lipinski definition) is 1. The molecule has 2 aromatic carbocycles. The second-order valence-corrected chi connectivity index (χ2v) is 8.10. The molecule has 1 fully saturated rings. The quantitative estimate of drug-likeness (QED) is 0.675. The number of nitrogens with zero attached hydrogens (tertiary/aromatic N) is 2. The lowest BCUT2D eigenvalue weighted by molar-refractivity contribution is -0.00539. The Morgan fingerprint density at radius 3 is 2.58 bits per heavy atom. The van der Waals surface area contributed by atoms with Crippen LogP contribution in [0.5, 0.6) is 0 Å². The molecule has 0 aliphatic carbocycles. The van der Waals surface area contributed by atoms with Crippen LogP contribution in [0.25, 0.3) is 10.9 Å². The fourth-order valence-electron chi connectivity index (χ4n) is 4.09. The third-order valence-electron chi connectivity index (χ3n) is 5.37. The van der Waals surface area contributed by atoms with Crippen molar-refractivity contribution in [2.45, 2.75) is 39.5 Å². The normalized spacial score (nSPS) is 18.9. The maximum absolute atomic E-state index is 14.8. The van der Waals surface area contributed by atoms with Crippen LogP contribution in [-0.4, -0.2) is 36.2 Å². The molecule has 162 valence electrons. The van der Waals surface area contributed by atoms with Gasteiger partial charge in [-0.25, -0.2) is 8.78 Å². The molecule has 4 rings (SSSR count). The predicted molar refractivity (Wildman–Crippen MR) is 116 cm³/mol. The van der Waals surface area contributed by atoms with E-state index in [2.05, 4.69) is 10.3 Å². The summed E-state index contributed by atoms with van der Waals surface area (Å²) < 4.78 is 34.0. The molecule has 1 N–H and O–H groups in total. The Bertz CT molecular complexity index is 1120. The summed E-state index contributed by atoms with van der Waals surface area (Å²) in [6, 6.07) is 10.8. The Balaban J connectivity index is 1.49. The summed E-state index contributed by atoms with van der Waals surface area (Å²) >= 11 is 0. The molecule has 5 nitrogen and oxygen atoms in total. The molecule has 1 aromatic heterocycles. The van der Waals surface area contributed by atoms with Gasteiger partial charge in [0, 0.05) is 36.8 Å². The first-order chi connectivity index (χ1) is 14.8. The topological polar surface area (TPSA) is 54.5 Å². The van der Waals surface area contributed by atoms with E-state index in [0.717, 1.165) is 0 Å². The summed E-state index contributed by atoms with van der Waals surface area (Å²) in [6.45, 7) is 7.14. The number of benzene rings is 2. The van der Waals surface area contributed by atoms with E-state index in [9.17, 15) is 13.6 Å². The van der Waals surface area contributed by atoms with Crippen molar-refractivity contribution in [1.29, 1.82) is 0 Å². The van der Waals surface area contributed by atoms with Gasteiger partial charge >= 0.3 is 0 Å². The summed E-state index contributed by atoms with van der Waals surface area (Å²) in [4.78, 5) is 19.1. The van der Waals surface area contributed by atoms with Crippen molar-refractivity contribution >= 4 is 22.5 Å². The van der Waals surface area contributed by atoms with Gasteiger partial charge in [-0.1, -0.05) is 6.07 Å². The number of fused-ring (bicyclic) bond motifs is 1. The number of pyridine rings is 1. The first-order valence-corrected chi connectivity index (χ1v) is 10.3. The van der Waals surface area contributed by atoms with E-state index in [4.69, 9.17) is 4.74 Å². The molecule has 7 heteroatoms. The van der Waals surface area contributed by atoms with E-state index in [1.54, 1.807) is 25.1 Å². The zero-order chi connectivity index (χ0) is 22.1. The number of carbonyl (C=O) groups excluding carboxylic acids is 1. The van der Waals surface area contributed by atoms with Crippen LogP contribution in [0.4, 0.5) is 14.5 Å². The third kappa shape index (κ3) is 4.66. The first-order valence-electron chi connectivity index (χ1n) is 10.3. The summed E-state index contributed by atoms with van der Waals surface area (Å²) in [5.74, 6) is -1.05. The Morgan fingerprint density at radius 1 is 1.13 bits per heavy atom. The highest BCUT2D eigenvalue weighted by Gasteiger charge is 2.24. The SMILES string of the molecule is Cc1cc(C(=O)NCc2ccc(N3CC(C)OC(C)C3)c(F)c2)c2ccc(F)cc2n1. The van der Waals surface area contributed by atoms with Gasteiger partial charge in [0.05, 0.1) is 29.0 Å².